The molecule has 26 heavy (non-hydrogen) atoms. The van der Waals surface area contributed by atoms with Gasteiger partial charge in [0.15, 0.2) is 5.76 Å². The molecule has 3 heterocycles. The zero-order valence-electron chi connectivity index (χ0n) is 14.8. The van der Waals surface area contributed by atoms with Gasteiger partial charge < -0.3 is 14.4 Å². The van der Waals surface area contributed by atoms with Gasteiger partial charge in [-0.1, -0.05) is 0 Å². The van der Waals surface area contributed by atoms with Crippen LogP contribution < -0.4 is 0 Å². The number of carboxylic acid groups (broad SMARTS) is 1. The summed E-state index contributed by atoms with van der Waals surface area (Å²) in [6, 6.07) is 1.33. The van der Waals surface area contributed by atoms with Crippen LogP contribution in [0.3, 0.4) is 0 Å². The molecule has 2 fully saturated rings. The molecule has 0 spiro atoms. The van der Waals surface area contributed by atoms with E-state index < -0.39 is 16.0 Å². The van der Waals surface area contributed by atoms with Crippen LogP contribution in [0, 0.1) is 12.8 Å². The molecule has 2 aliphatic rings. The molecule has 0 atom stereocenters. The summed E-state index contributed by atoms with van der Waals surface area (Å²) in [5.41, 5.74) is 0. The van der Waals surface area contributed by atoms with Crippen LogP contribution in [0.2, 0.25) is 0 Å². The van der Waals surface area contributed by atoms with Crippen LogP contribution in [0.15, 0.2) is 15.4 Å². The van der Waals surface area contributed by atoms with E-state index in [0.717, 1.165) is 12.8 Å². The monoisotopic (exact) mass is 384 g/mol. The van der Waals surface area contributed by atoms with Crippen LogP contribution in [-0.2, 0) is 14.8 Å². The number of aryl methyl sites for hydroxylation is 1. The van der Waals surface area contributed by atoms with Gasteiger partial charge in [-0.05, 0) is 38.5 Å². The number of carbonyl (C=O) groups excluding carboxylic acids is 1. The van der Waals surface area contributed by atoms with Gasteiger partial charge in [-0.2, -0.15) is 4.31 Å². The number of amides is 1. The maximum absolute atomic E-state index is 12.7. The fourth-order valence-corrected chi connectivity index (χ4v) is 5.32. The SMILES string of the molecule is Cc1oc(C(=O)N2CCC(CC(=O)O)CC2)cc1S(=O)(=O)N1CCCC1. The fourth-order valence-electron chi connectivity index (χ4n) is 3.64. The predicted octanol–water partition coefficient (Wildman–Crippen LogP) is 1.70. The molecule has 0 aromatic carbocycles. The Hall–Kier alpha value is -1.87. The van der Waals surface area contributed by atoms with Gasteiger partial charge in [-0.25, -0.2) is 8.42 Å². The predicted molar refractivity (Wildman–Crippen MR) is 92.3 cm³/mol. The third-order valence-electron chi connectivity index (χ3n) is 5.13. The molecule has 1 N–H and O–H groups in total. The molecule has 9 heteroatoms. The molecule has 2 aliphatic heterocycles. The van der Waals surface area contributed by atoms with Crippen molar-refractivity contribution in [1.82, 2.24) is 9.21 Å². The lowest BCUT2D eigenvalue weighted by Gasteiger charge is -2.30. The highest BCUT2D eigenvalue weighted by molar-refractivity contribution is 7.89. The van der Waals surface area contributed by atoms with Gasteiger partial charge in [0.1, 0.15) is 10.7 Å². The van der Waals surface area contributed by atoms with Crippen LogP contribution >= 0.6 is 0 Å². The normalized spacial score (nSPS) is 19.8. The zero-order chi connectivity index (χ0) is 18.9. The molecule has 1 aromatic rings. The topological polar surface area (TPSA) is 108 Å². The van der Waals surface area contributed by atoms with Crippen molar-refractivity contribution in [2.45, 2.75) is 43.9 Å². The molecule has 1 amide bonds. The standard InChI is InChI=1S/C17H24N2O6S/c1-12-15(26(23,24)19-6-2-3-7-19)11-14(25-12)17(22)18-8-4-13(5-9-18)10-16(20)21/h11,13H,2-10H2,1H3,(H,20,21). The molecule has 0 saturated carbocycles. The Balaban J connectivity index is 1.71. The van der Waals surface area contributed by atoms with E-state index in [0.29, 0.717) is 39.0 Å². The highest BCUT2D eigenvalue weighted by Gasteiger charge is 2.33. The van der Waals surface area contributed by atoms with Crippen molar-refractivity contribution in [1.29, 1.82) is 0 Å². The lowest BCUT2D eigenvalue weighted by atomic mass is 9.93. The van der Waals surface area contributed by atoms with Crippen LogP contribution in [0.25, 0.3) is 0 Å². The quantitative estimate of drug-likeness (QED) is 0.828. The number of carbonyl (C=O) groups is 2. The van der Waals surface area contributed by atoms with Crippen molar-refractivity contribution in [3.8, 4) is 0 Å². The Morgan fingerprint density at radius 3 is 2.38 bits per heavy atom. The maximum atomic E-state index is 12.7. The van der Waals surface area contributed by atoms with Crippen LogP contribution in [0.5, 0.6) is 0 Å². The maximum Gasteiger partial charge on any atom is 0.303 e. The second-order valence-electron chi connectivity index (χ2n) is 6.98. The summed E-state index contributed by atoms with van der Waals surface area (Å²) in [7, 11) is -3.63. The minimum absolute atomic E-state index is 0.0250. The van der Waals surface area contributed by atoms with Crippen molar-refractivity contribution >= 4 is 21.9 Å². The smallest absolute Gasteiger partial charge is 0.303 e. The van der Waals surface area contributed by atoms with Crippen LogP contribution in [-0.4, -0.2) is 60.8 Å². The number of piperidine rings is 1. The summed E-state index contributed by atoms with van der Waals surface area (Å²) in [6.07, 6.45) is 3.04. The first kappa shape index (κ1) is 18.9. The van der Waals surface area contributed by atoms with Crippen molar-refractivity contribution in [2.24, 2.45) is 5.92 Å². The Labute approximate surface area is 152 Å². The van der Waals surface area contributed by atoms with Crippen LogP contribution in [0.1, 0.15) is 48.4 Å². The molecule has 8 nitrogen and oxygen atoms in total. The molecule has 0 unspecified atom stereocenters. The highest BCUT2D eigenvalue weighted by atomic mass is 32.2. The lowest BCUT2D eigenvalue weighted by molar-refractivity contribution is -0.138. The molecule has 3 rings (SSSR count). The van der Waals surface area contributed by atoms with Gasteiger partial charge in [-0.15, -0.1) is 0 Å². The summed E-state index contributed by atoms with van der Waals surface area (Å²) in [6.45, 7) is 3.44. The first-order chi connectivity index (χ1) is 12.3. The summed E-state index contributed by atoms with van der Waals surface area (Å²) in [5.74, 6) is -0.850. The molecule has 0 aliphatic carbocycles. The van der Waals surface area contributed by atoms with Gasteiger partial charge in [-0.3, -0.25) is 9.59 Å². The lowest BCUT2D eigenvalue weighted by Crippen LogP contribution is -2.38. The number of carboxylic acids is 1. The van der Waals surface area contributed by atoms with E-state index in [1.165, 1.54) is 10.4 Å². The minimum Gasteiger partial charge on any atom is -0.481 e. The van der Waals surface area contributed by atoms with Gasteiger partial charge in [0.25, 0.3) is 5.91 Å². The summed E-state index contributed by atoms with van der Waals surface area (Å²) in [5, 5.41) is 8.86. The van der Waals surface area contributed by atoms with Gasteiger partial charge in [0, 0.05) is 38.7 Å². The minimum atomic E-state index is -3.63. The Morgan fingerprint density at radius 1 is 1.19 bits per heavy atom. The number of hydrogen-bond donors (Lipinski definition) is 1. The number of nitrogens with zero attached hydrogens (tertiary/aromatic N) is 2. The molecule has 1 aromatic heterocycles. The summed E-state index contributed by atoms with van der Waals surface area (Å²) < 4.78 is 32.3. The third-order valence-corrected chi connectivity index (χ3v) is 7.14. The van der Waals surface area contributed by atoms with Gasteiger partial charge in [0.05, 0.1) is 0 Å². The zero-order valence-corrected chi connectivity index (χ0v) is 15.6. The summed E-state index contributed by atoms with van der Waals surface area (Å²) in [4.78, 5) is 25.1. The average molecular weight is 384 g/mol. The second kappa shape index (κ2) is 7.40. The van der Waals surface area contributed by atoms with E-state index in [4.69, 9.17) is 9.52 Å². The Kier molecular flexibility index (Phi) is 5.38. The number of furan rings is 1. The van der Waals surface area contributed by atoms with E-state index in [9.17, 15) is 18.0 Å². The molecule has 0 bridgehead atoms. The van der Waals surface area contributed by atoms with E-state index in [1.54, 1.807) is 11.8 Å². The fraction of sp³-hybridized carbons (Fsp3) is 0.647. The van der Waals surface area contributed by atoms with Gasteiger partial charge >= 0.3 is 5.97 Å². The number of sulfonamides is 1. The highest BCUT2D eigenvalue weighted by Crippen LogP contribution is 2.28. The molecular formula is C17H24N2O6S. The molecule has 0 radical (unpaired) electrons. The Morgan fingerprint density at radius 2 is 1.81 bits per heavy atom. The number of hydrogen-bond acceptors (Lipinski definition) is 5. The second-order valence-corrected chi connectivity index (χ2v) is 8.88. The van der Waals surface area contributed by atoms with E-state index in [2.05, 4.69) is 0 Å². The molecule has 144 valence electrons. The largest absolute Gasteiger partial charge is 0.481 e. The average Bonchev–Trinajstić information content (AvgIpc) is 3.24. The third kappa shape index (κ3) is 3.78. The summed E-state index contributed by atoms with van der Waals surface area (Å²) >= 11 is 0. The molecular weight excluding hydrogens is 360 g/mol. The van der Waals surface area contributed by atoms with Gasteiger partial charge in [0.2, 0.25) is 10.0 Å². The van der Waals surface area contributed by atoms with E-state index >= 15 is 0 Å². The number of aliphatic carboxylic acids is 1. The van der Waals surface area contributed by atoms with E-state index in [-0.39, 0.29) is 34.7 Å². The van der Waals surface area contributed by atoms with Crippen molar-refractivity contribution in [3.05, 3.63) is 17.6 Å². The number of rotatable bonds is 5. The van der Waals surface area contributed by atoms with Crippen molar-refractivity contribution in [2.75, 3.05) is 26.2 Å². The first-order valence-electron chi connectivity index (χ1n) is 8.90. The first-order valence-corrected chi connectivity index (χ1v) is 10.3. The van der Waals surface area contributed by atoms with Crippen molar-refractivity contribution < 1.29 is 27.5 Å². The Bertz CT molecular complexity index is 786. The number of likely N-dealkylation sites (tertiary alicyclic amines) is 1. The van der Waals surface area contributed by atoms with Crippen LogP contribution in [0.4, 0.5) is 0 Å². The van der Waals surface area contributed by atoms with Crippen molar-refractivity contribution in [3.63, 3.8) is 0 Å². The molecule has 2 saturated heterocycles. The van der Waals surface area contributed by atoms with E-state index in [1.807, 2.05) is 0 Å².